The molecule has 1 heterocycles. The number of hydrogen-bond donors (Lipinski definition) is 1. The zero-order valence-corrected chi connectivity index (χ0v) is 12.5. The summed E-state index contributed by atoms with van der Waals surface area (Å²) in [7, 11) is 1.66. The predicted octanol–water partition coefficient (Wildman–Crippen LogP) is 4.18. The molecule has 0 atom stereocenters. The zero-order chi connectivity index (χ0) is 13.3. The van der Waals surface area contributed by atoms with Crippen LogP contribution in [0.3, 0.4) is 0 Å². The minimum absolute atomic E-state index is 0.193. The van der Waals surface area contributed by atoms with Crippen LogP contribution in [0.5, 0.6) is 5.75 Å². The van der Waals surface area contributed by atoms with E-state index >= 15 is 0 Å². The fourth-order valence-corrected chi connectivity index (χ4v) is 4.10. The van der Waals surface area contributed by atoms with E-state index in [9.17, 15) is 0 Å². The van der Waals surface area contributed by atoms with Gasteiger partial charge in [0.2, 0.25) is 0 Å². The molecule has 19 heavy (non-hydrogen) atoms. The van der Waals surface area contributed by atoms with Gasteiger partial charge in [0, 0.05) is 10.8 Å². The lowest BCUT2D eigenvalue weighted by Gasteiger charge is -2.16. The first-order chi connectivity index (χ1) is 9.21. The SMILES string of the molecule is COc1ccc(Cl)cc1NC1=NC2(CCCC2)CS1. The number of methoxy groups -OCH3 is 1. The van der Waals surface area contributed by atoms with Crippen LogP contribution in [0, 0.1) is 0 Å². The molecule has 0 saturated heterocycles. The smallest absolute Gasteiger partial charge is 0.161 e. The lowest BCUT2D eigenvalue weighted by molar-refractivity contribution is 0.417. The summed E-state index contributed by atoms with van der Waals surface area (Å²) in [5.41, 5.74) is 1.08. The number of nitrogens with one attached hydrogen (secondary N) is 1. The number of rotatable bonds is 2. The maximum Gasteiger partial charge on any atom is 0.161 e. The quantitative estimate of drug-likeness (QED) is 0.889. The highest BCUT2D eigenvalue weighted by Crippen LogP contribution is 2.41. The van der Waals surface area contributed by atoms with Gasteiger partial charge in [-0.2, -0.15) is 0 Å². The molecule has 1 saturated carbocycles. The normalized spacial score (nSPS) is 20.6. The maximum absolute atomic E-state index is 6.04. The van der Waals surface area contributed by atoms with Crippen molar-refractivity contribution in [3.63, 3.8) is 0 Å². The van der Waals surface area contributed by atoms with Gasteiger partial charge in [0.1, 0.15) is 5.75 Å². The zero-order valence-electron chi connectivity index (χ0n) is 10.9. The summed E-state index contributed by atoms with van der Waals surface area (Å²) < 4.78 is 5.34. The maximum atomic E-state index is 6.04. The fourth-order valence-electron chi connectivity index (χ4n) is 2.73. The molecule has 3 nitrogen and oxygen atoms in total. The number of aliphatic imine (C=N–C) groups is 1. The minimum Gasteiger partial charge on any atom is -0.495 e. The van der Waals surface area contributed by atoms with Gasteiger partial charge in [-0.1, -0.05) is 36.2 Å². The molecule has 1 aliphatic carbocycles. The van der Waals surface area contributed by atoms with E-state index in [1.54, 1.807) is 18.9 Å². The molecule has 2 aliphatic rings. The summed E-state index contributed by atoms with van der Waals surface area (Å²) in [6.07, 6.45) is 5.05. The van der Waals surface area contributed by atoms with Gasteiger partial charge in [0.25, 0.3) is 0 Å². The van der Waals surface area contributed by atoms with Crippen molar-refractivity contribution < 1.29 is 4.74 Å². The van der Waals surface area contributed by atoms with Crippen molar-refractivity contribution >= 4 is 34.2 Å². The van der Waals surface area contributed by atoms with Crippen molar-refractivity contribution in [2.24, 2.45) is 4.99 Å². The van der Waals surface area contributed by atoms with E-state index in [2.05, 4.69) is 5.32 Å². The average Bonchev–Trinajstić information content (AvgIpc) is 3.01. The monoisotopic (exact) mass is 296 g/mol. The van der Waals surface area contributed by atoms with Gasteiger partial charge in [-0.25, -0.2) is 0 Å². The first-order valence-corrected chi connectivity index (χ1v) is 7.90. The Morgan fingerprint density at radius 1 is 1.37 bits per heavy atom. The van der Waals surface area contributed by atoms with Crippen LogP contribution in [0.2, 0.25) is 5.02 Å². The second-order valence-electron chi connectivity index (χ2n) is 5.11. The topological polar surface area (TPSA) is 33.6 Å². The summed E-state index contributed by atoms with van der Waals surface area (Å²) in [6, 6.07) is 5.58. The molecule has 0 bridgehead atoms. The van der Waals surface area contributed by atoms with E-state index in [-0.39, 0.29) is 5.54 Å². The molecule has 0 radical (unpaired) electrons. The molecule has 1 fully saturated rings. The number of benzene rings is 1. The van der Waals surface area contributed by atoms with Crippen molar-refractivity contribution in [2.75, 3.05) is 18.2 Å². The highest BCUT2D eigenvalue weighted by atomic mass is 35.5. The number of anilines is 1. The van der Waals surface area contributed by atoms with E-state index in [4.69, 9.17) is 21.3 Å². The summed E-state index contributed by atoms with van der Waals surface area (Å²) >= 11 is 7.84. The van der Waals surface area contributed by atoms with Gasteiger partial charge in [-0.3, -0.25) is 4.99 Å². The Hall–Kier alpha value is -0.870. The number of thioether (sulfide) groups is 1. The molecular formula is C14H17ClN2OS. The van der Waals surface area contributed by atoms with Crippen LogP contribution in [0.4, 0.5) is 5.69 Å². The third-order valence-corrected chi connectivity index (χ3v) is 5.14. The van der Waals surface area contributed by atoms with Gasteiger partial charge in [0.15, 0.2) is 5.17 Å². The van der Waals surface area contributed by atoms with Gasteiger partial charge < -0.3 is 10.1 Å². The summed E-state index contributed by atoms with van der Waals surface area (Å²) in [5, 5.41) is 5.04. The number of amidine groups is 1. The Morgan fingerprint density at radius 2 is 2.16 bits per heavy atom. The van der Waals surface area contributed by atoms with E-state index in [0.717, 1.165) is 22.4 Å². The molecule has 1 spiro atoms. The molecule has 0 unspecified atom stereocenters. The Morgan fingerprint density at radius 3 is 2.89 bits per heavy atom. The number of halogens is 1. The van der Waals surface area contributed by atoms with Crippen LogP contribution in [0.25, 0.3) is 0 Å². The average molecular weight is 297 g/mol. The van der Waals surface area contributed by atoms with Crippen LogP contribution >= 0.6 is 23.4 Å². The van der Waals surface area contributed by atoms with Crippen molar-refractivity contribution in [2.45, 2.75) is 31.2 Å². The summed E-state index contributed by atoms with van der Waals surface area (Å²) in [6.45, 7) is 0. The molecule has 5 heteroatoms. The second-order valence-corrected chi connectivity index (χ2v) is 6.51. The van der Waals surface area contributed by atoms with E-state index in [1.807, 2.05) is 18.2 Å². The standard InChI is InChI=1S/C14H17ClN2OS/c1-18-12-5-4-10(15)8-11(12)16-13-17-14(9-19-13)6-2-3-7-14/h4-5,8H,2-3,6-7,9H2,1H3,(H,16,17). The Bertz CT molecular complexity index is 512. The number of nitrogens with zero attached hydrogens (tertiary/aromatic N) is 1. The Balaban J connectivity index is 1.80. The Labute approximate surface area is 122 Å². The van der Waals surface area contributed by atoms with Crippen molar-refractivity contribution in [3.05, 3.63) is 23.2 Å². The molecule has 1 aliphatic heterocycles. The van der Waals surface area contributed by atoms with Crippen LogP contribution < -0.4 is 10.1 Å². The highest BCUT2D eigenvalue weighted by molar-refractivity contribution is 8.14. The molecule has 1 aromatic rings. The molecule has 1 aromatic carbocycles. The largest absolute Gasteiger partial charge is 0.495 e. The molecule has 0 amide bonds. The highest BCUT2D eigenvalue weighted by Gasteiger charge is 2.38. The molecule has 3 rings (SSSR count). The number of ether oxygens (including phenoxy) is 1. The van der Waals surface area contributed by atoms with Crippen molar-refractivity contribution in [1.82, 2.24) is 0 Å². The first-order valence-electron chi connectivity index (χ1n) is 6.54. The van der Waals surface area contributed by atoms with E-state index < -0.39 is 0 Å². The molecular weight excluding hydrogens is 280 g/mol. The summed E-state index contributed by atoms with van der Waals surface area (Å²) in [5.74, 6) is 1.89. The summed E-state index contributed by atoms with van der Waals surface area (Å²) in [4.78, 5) is 4.89. The van der Waals surface area contributed by atoms with Crippen molar-refractivity contribution in [3.8, 4) is 5.75 Å². The predicted molar refractivity (Wildman–Crippen MR) is 82.7 cm³/mol. The lowest BCUT2D eigenvalue weighted by Crippen LogP contribution is -2.21. The Kier molecular flexibility index (Phi) is 3.63. The fraction of sp³-hybridized carbons (Fsp3) is 0.500. The minimum atomic E-state index is 0.193. The lowest BCUT2D eigenvalue weighted by atomic mass is 10.0. The van der Waals surface area contributed by atoms with Gasteiger partial charge in [0.05, 0.1) is 18.3 Å². The van der Waals surface area contributed by atoms with Crippen LogP contribution in [0.15, 0.2) is 23.2 Å². The van der Waals surface area contributed by atoms with Crippen LogP contribution in [-0.2, 0) is 0 Å². The third-order valence-electron chi connectivity index (χ3n) is 3.75. The number of hydrogen-bond acceptors (Lipinski definition) is 4. The van der Waals surface area contributed by atoms with Gasteiger partial charge in [-0.15, -0.1) is 0 Å². The molecule has 1 N–H and O–H groups in total. The van der Waals surface area contributed by atoms with E-state index in [0.29, 0.717) is 5.02 Å². The van der Waals surface area contributed by atoms with Crippen LogP contribution in [0.1, 0.15) is 25.7 Å². The second kappa shape index (κ2) is 5.25. The van der Waals surface area contributed by atoms with Crippen molar-refractivity contribution in [1.29, 1.82) is 0 Å². The molecule has 0 aromatic heterocycles. The van der Waals surface area contributed by atoms with E-state index in [1.165, 1.54) is 25.7 Å². The third kappa shape index (κ3) is 2.70. The van der Waals surface area contributed by atoms with Gasteiger partial charge >= 0.3 is 0 Å². The van der Waals surface area contributed by atoms with Gasteiger partial charge in [-0.05, 0) is 31.0 Å². The molecule has 102 valence electrons. The first kappa shape index (κ1) is 13.1. The van der Waals surface area contributed by atoms with Crippen LogP contribution in [-0.4, -0.2) is 23.6 Å².